The number of hydrogen-bond donors (Lipinski definition) is 2. The highest BCUT2D eigenvalue weighted by molar-refractivity contribution is 7.98. The number of rotatable bonds is 10. The van der Waals surface area contributed by atoms with Crippen molar-refractivity contribution in [3.63, 3.8) is 0 Å². The number of nitrogens with one attached hydrogen (secondary N) is 2. The van der Waals surface area contributed by atoms with Gasteiger partial charge in [-0.1, -0.05) is 23.9 Å². The van der Waals surface area contributed by atoms with E-state index in [4.69, 9.17) is 18.9 Å². The smallest absolute Gasteiger partial charge is 0.337 e. The van der Waals surface area contributed by atoms with Gasteiger partial charge in [-0.25, -0.2) is 9.78 Å². The maximum atomic E-state index is 13.6. The van der Waals surface area contributed by atoms with Crippen molar-refractivity contribution in [1.29, 1.82) is 0 Å². The molecule has 1 aromatic heterocycles. The Kier molecular flexibility index (Phi) is 8.86. The first-order valence-corrected chi connectivity index (χ1v) is 13.5. The standard InChI is InChI=1S/C28H30N4O8S/c1-14(2)40-27(34)21-15(3)29-25-23(22(21)17-11-19(37-4)24(39-6)20(12-17)38-5)26(33)31-28(30-25)41-13-16-7-9-18(10-8-16)32(35)36/h7-12,14,22H,13H2,1-6H3,(H2,29,30,31,33). The number of esters is 1. The number of methoxy groups -OCH3 is 3. The second-order valence-electron chi connectivity index (χ2n) is 9.36. The average Bonchev–Trinajstić information content (AvgIpc) is 2.94. The zero-order valence-electron chi connectivity index (χ0n) is 23.4. The van der Waals surface area contributed by atoms with E-state index in [1.165, 1.54) is 45.2 Å². The number of nitro benzene ring substituents is 1. The molecular weight excluding hydrogens is 552 g/mol. The summed E-state index contributed by atoms with van der Waals surface area (Å²) in [4.78, 5) is 44.9. The number of thioether (sulfide) groups is 1. The van der Waals surface area contributed by atoms with Crippen molar-refractivity contribution < 1.29 is 28.7 Å². The lowest BCUT2D eigenvalue weighted by Crippen LogP contribution is -2.32. The van der Waals surface area contributed by atoms with Crippen LogP contribution in [0.5, 0.6) is 17.2 Å². The highest BCUT2D eigenvalue weighted by Gasteiger charge is 2.38. The normalized spacial score (nSPS) is 14.3. The van der Waals surface area contributed by atoms with E-state index < -0.39 is 22.4 Å². The van der Waals surface area contributed by atoms with Gasteiger partial charge < -0.3 is 29.2 Å². The lowest BCUT2D eigenvalue weighted by atomic mass is 9.82. The van der Waals surface area contributed by atoms with Gasteiger partial charge in [0.05, 0.1) is 49.4 Å². The Morgan fingerprint density at radius 1 is 1.10 bits per heavy atom. The first-order valence-electron chi connectivity index (χ1n) is 12.6. The SMILES string of the molecule is COc1cc(C2C(C(=O)OC(C)C)=C(C)Nc3nc(SCc4ccc([N+](=O)[O-])cc4)[nH]c(=O)c32)cc(OC)c1OC. The minimum Gasteiger partial charge on any atom is -0.493 e. The number of nitro groups is 1. The fraction of sp³-hybridized carbons (Fsp3) is 0.321. The van der Waals surface area contributed by atoms with Gasteiger partial charge in [-0.2, -0.15) is 0 Å². The van der Waals surface area contributed by atoms with Crippen LogP contribution in [0.1, 0.15) is 43.4 Å². The molecule has 1 aliphatic heterocycles. The molecule has 0 bridgehead atoms. The van der Waals surface area contributed by atoms with Gasteiger partial charge >= 0.3 is 5.97 Å². The third-order valence-electron chi connectivity index (χ3n) is 6.33. The van der Waals surface area contributed by atoms with Crippen molar-refractivity contribution in [2.24, 2.45) is 0 Å². The minimum absolute atomic E-state index is 0.00448. The lowest BCUT2D eigenvalue weighted by molar-refractivity contribution is -0.384. The second kappa shape index (κ2) is 12.3. The van der Waals surface area contributed by atoms with Gasteiger partial charge in [0.2, 0.25) is 5.75 Å². The van der Waals surface area contributed by atoms with Gasteiger partial charge in [-0.05, 0) is 44.0 Å². The third-order valence-corrected chi connectivity index (χ3v) is 7.27. The van der Waals surface area contributed by atoms with Gasteiger partial charge in [0, 0.05) is 23.6 Å². The lowest BCUT2D eigenvalue weighted by Gasteiger charge is -2.30. The largest absolute Gasteiger partial charge is 0.493 e. The number of anilines is 1. The van der Waals surface area contributed by atoms with Crippen LogP contribution in [0.15, 0.2) is 57.6 Å². The number of aromatic amines is 1. The summed E-state index contributed by atoms with van der Waals surface area (Å²) >= 11 is 1.26. The number of ether oxygens (including phenoxy) is 4. The van der Waals surface area contributed by atoms with Gasteiger partial charge in [-0.15, -0.1) is 0 Å². The summed E-state index contributed by atoms with van der Waals surface area (Å²) in [5, 5.41) is 14.4. The first kappa shape index (κ1) is 29.5. The average molecular weight is 583 g/mol. The molecule has 1 atom stereocenters. The van der Waals surface area contributed by atoms with Gasteiger partial charge in [-0.3, -0.25) is 14.9 Å². The van der Waals surface area contributed by atoms with Crippen LogP contribution in [0.2, 0.25) is 0 Å². The Morgan fingerprint density at radius 2 is 1.73 bits per heavy atom. The number of nitrogens with zero attached hydrogens (tertiary/aromatic N) is 2. The number of H-pyrrole nitrogens is 1. The third kappa shape index (κ3) is 6.14. The van der Waals surface area contributed by atoms with Crippen molar-refractivity contribution in [3.8, 4) is 17.2 Å². The second-order valence-corrected chi connectivity index (χ2v) is 10.3. The molecule has 2 heterocycles. The molecule has 2 aromatic carbocycles. The fourth-order valence-corrected chi connectivity index (χ4v) is 5.33. The first-order chi connectivity index (χ1) is 19.6. The summed E-state index contributed by atoms with van der Waals surface area (Å²) in [6.07, 6.45) is -0.389. The summed E-state index contributed by atoms with van der Waals surface area (Å²) in [6.45, 7) is 5.21. The van der Waals surface area contributed by atoms with E-state index >= 15 is 0 Å². The van der Waals surface area contributed by atoms with E-state index in [1.54, 1.807) is 45.0 Å². The highest BCUT2D eigenvalue weighted by atomic mass is 32.2. The van der Waals surface area contributed by atoms with Crippen LogP contribution in [0.3, 0.4) is 0 Å². The number of allylic oxidation sites excluding steroid dienone is 1. The molecule has 0 amide bonds. The Balaban J connectivity index is 1.80. The molecule has 0 saturated heterocycles. The van der Waals surface area contributed by atoms with Crippen molar-refractivity contribution in [2.45, 2.75) is 43.7 Å². The van der Waals surface area contributed by atoms with E-state index in [-0.39, 0.29) is 28.7 Å². The van der Waals surface area contributed by atoms with Gasteiger partial charge in [0.15, 0.2) is 16.7 Å². The van der Waals surface area contributed by atoms with E-state index in [0.29, 0.717) is 39.4 Å². The molecule has 0 spiro atoms. The zero-order valence-corrected chi connectivity index (χ0v) is 24.2. The maximum Gasteiger partial charge on any atom is 0.337 e. The Morgan fingerprint density at radius 3 is 2.27 bits per heavy atom. The van der Waals surface area contributed by atoms with Gasteiger partial charge in [0.1, 0.15) is 5.82 Å². The van der Waals surface area contributed by atoms with Gasteiger partial charge in [0.25, 0.3) is 11.2 Å². The summed E-state index contributed by atoms with van der Waals surface area (Å²) in [5.74, 6) is 0.340. The topological polar surface area (TPSA) is 155 Å². The van der Waals surface area contributed by atoms with Crippen LogP contribution < -0.4 is 25.1 Å². The molecule has 1 aliphatic rings. The van der Waals surface area contributed by atoms with Crippen molar-refractivity contribution >= 4 is 29.2 Å². The molecule has 0 saturated carbocycles. The summed E-state index contributed by atoms with van der Waals surface area (Å²) in [5.41, 5.74) is 1.85. The van der Waals surface area contributed by atoms with Crippen LogP contribution in [-0.2, 0) is 15.3 Å². The Bertz CT molecular complexity index is 1540. The van der Waals surface area contributed by atoms with E-state index in [9.17, 15) is 19.7 Å². The zero-order chi connectivity index (χ0) is 29.8. The number of non-ortho nitro benzene ring substituents is 1. The highest BCUT2D eigenvalue weighted by Crippen LogP contribution is 2.46. The maximum absolute atomic E-state index is 13.6. The monoisotopic (exact) mass is 582 g/mol. The van der Waals surface area contributed by atoms with Crippen LogP contribution >= 0.6 is 11.8 Å². The molecule has 0 radical (unpaired) electrons. The Labute approximate surface area is 240 Å². The van der Waals surface area contributed by atoms with Crippen molar-refractivity contribution in [2.75, 3.05) is 26.6 Å². The summed E-state index contributed by atoms with van der Waals surface area (Å²) in [7, 11) is 4.45. The molecule has 2 N–H and O–H groups in total. The number of aromatic nitrogens is 2. The molecule has 12 nitrogen and oxygen atoms in total. The van der Waals surface area contributed by atoms with Crippen LogP contribution in [0, 0.1) is 10.1 Å². The number of benzene rings is 2. The van der Waals surface area contributed by atoms with Crippen LogP contribution in [0.25, 0.3) is 0 Å². The van der Waals surface area contributed by atoms with Crippen LogP contribution in [0.4, 0.5) is 11.5 Å². The number of fused-ring (bicyclic) bond motifs is 1. The van der Waals surface area contributed by atoms with E-state index in [1.807, 2.05) is 0 Å². The quantitative estimate of drug-likeness (QED) is 0.112. The molecular formula is C28H30N4O8S. The number of carbonyl (C=O) groups is 1. The summed E-state index contributed by atoms with van der Waals surface area (Å²) < 4.78 is 22.1. The predicted octanol–water partition coefficient (Wildman–Crippen LogP) is 4.78. The summed E-state index contributed by atoms with van der Waals surface area (Å²) in [6, 6.07) is 9.53. The molecule has 41 heavy (non-hydrogen) atoms. The minimum atomic E-state index is -0.865. The fourth-order valence-electron chi connectivity index (χ4n) is 4.51. The molecule has 0 aliphatic carbocycles. The van der Waals surface area contributed by atoms with Crippen molar-refractivity contribution in [1.82, 2.24) is 9.97 Å². The molecule has 3 aromatic rings. The molecule has 4 rings (SSSR count). The van der Waals surface area contributed by atoms with Crippen LogP contribution in [-0.4, -0.2) is 48.3 Å². The number of hydrogen-bond acceptors (Lipinski definition) is 11. The Hall–Kier alpha value is -4.52. The molecule has 216 valence electrons. The van der Waals surface area contributed by atoms with E-state index in [2.05, 4.69) is 15.3 Å². The predicted molar refractivity (Wildman–Crippen MR) is 153 cm³/mol. The van der Waals surface area contributed by atoms with E-state index in [0.717, 1.165) is 5.56 Å². The molecule has 13 heteroatoms. The molecule has 0 fully saturated rings. The number of carbonyl (C=O) groups excluding carboxylic acids is 1. The van der Waals surface area contributed by atoms with Crippen molar-refractivity contribution in [3.05, 3.63) is 84.8 Å². The molecule has 1 unspecified atom stereocenters.